The Morgan fingerprint density at radius 2 is 1.77 bits per heavy atom. The van der Waals surface area contributed by atoms with E-state index in [9.17, 15) is 9.59 Å². The first-order valence-corrected chi connectivity index (χ1v) is 10.6. The summed E-state index contributed by atoms with van der Waals surface area (Å²) in [5.41, 5.74) is 11.5. The maximum absolute atomic E-state index is 12.7. The lowest BCUT2D eigenvalue weighted by Gasteiger charge is -2.20. The van der Waals surface area contributed by atoms with Crippen LogP contribution >= 0.6 is 0 Å². The van der Waals surface area contributed by atoms with Gasteiger partial charge in [0.1, 0.15) is 5.75 Å². The largest absolute Gasteiger partial charge is 0.496 e. The second-order valence-electron chi connectivity index (χ2n) is 8.11. The van der Waals surface area contributed by atoms with E-state index in [1.807, 2.05) is 30.3 Å². The van der Waals surface area contributed by atoms with E-state index < -0.39 is 11.7 Å². The lowest BCUT2D eigenvalue weighted by Crippen LogP contribution is -2.23. The molecular formula is C26H24N2O3. The SMILES string of the molecule is COc1cc2c(c3c1c1c(C(=O)C(N)=O)cccc1n3Cc1ccccc1)CCCC2. The zero-order valence-corrected chi connectivity index (χ0v) is 17.5. The molecule has 1 aromatic heterocycles. The molecule has 0 spiro atoms. The molecule has 5 rings (SSSR count). The topological polar surface area (TPSA) is 74.3 Å². The van der Waals surface area contributed by atoms with Gasteiger partial charge in [-0.3, -0.25) is 9.59 Å². The summed E-state index contributed by atoms with van der Waals surface area (Å²) in [5.74, 6) is -0.894. The predicted octanol–water partition coefficient (Wildman–Crippen LogP) is 4.40. The van der Waals surface area contributed by atoms with Gasteiger partial charge >= 0.3 is 0 Å². The number of amides is 1. The smallest absolute Gasteiger partial charge is 0.289 e. The number of Topliss-reactive ketones (excluding diaryl/α,β-unsaturated/α-hetero) is 1. The monoisotopic (exact) mass is 412 g/mol. The molecule has 1 amide bonds. The zero-order valence-electron chi connectivity index (χ0n) is 17.5. The maximum atomic E-state index is 12.7. The Hall–Kier alpha value is -3.60. The minimum Gasteiger partial charge on any atom is -0.496 e. The minimum absolute atomic E-state index is 0.330. The van der Waals surface area contributed by atoms with E-state index in [4.69, 9.17) is 10.5 Å². The van der Waals surface area contributed by atoms with Gasteiger partial charge in [0.05, 0.1) is 23.5 Å². The normalized spacial score (nSPS) is 13.3. The first-order valence-electron chi connectivity index (χ1n) is 10.6. The van der Waals surface area contributed by atoms with Crippen molar-refractivity contribution in [3.8, 4) is 5.75 Å². The molecule has 4 aromatic rings. The summed E-state index contributed by atoms with van der Waals surface area (Å²) in [7, 11) is 1.66. The van der Waals surface area contributed by atoms with Crippen LogP contribution in [0.2, 0.25) is 0 Å². The Morgan fingerprint density at radius 3 is 2.52 bits per heavy atom. The number of rotatable bonds is 5. The molecule has 0 saturated heterocycles. The van der Waals surface area contributed by atoms with Crippen LogP contribution in [0.1, 0.15) is 39.9 Å². The van der Waals surface area contributed by atoms with Crippen molar-refractivity contribution >= 4 is 33.5 Å². The van der Waals surface area contributed by atoms with E-state index in [-0.39, 0.29) is 0 Å². The number of ketones is 1. The Morgan fingerprint density at radius 1 is 1.00 bits per heavy atom. The highest BCUT2D eigenvalue weighted by atomic mass is 16.5. The molecule has 0 bridgehead atoms. The molecule has 1 heterocycles. The van der Waals surface area contributed by atoms with Crippen molar-refractivity contribution < 1.29 is 14.3 Å². The Kier molecular flexibility index (Phi) is 4.74. The molecule has 3 aromatic carbocycles. The summed E-state index contributed by atoms with van der Waals surface area (Å²) in [5, 5.41) is 1.63. The van der Waals surface area contributed by atoms with Gasteiger partial charge in [-0.25, -0.2) is 0 Å². The first-order chi connectivity index (χ1) is 15.1. The molecule has 0 unspecified atom stereocenters. The number of hydrogen-bond acceptors (Lipinski definition) is 3. The molecule has 5 heteroatoms. The van der Waals surface area contributed by atoms with Gasteiger partial charge in [0.15, 0.2) is 0 Å². The van der Waals surface area contributed by atoms with Crippen LogP contribution in [0.25, 0.3) is 21.8 Å². The number of carbonyl (C=O) groups excluding carboxylic acids is 2. The van der Waals surface area contributed by atoms with Gasteiger partial charge in [0.25, 0.3) is 11.7 Å². The van der Waals surface area contributed by atoms with Gasteiger partial charge in [0, 0.05) is 17.5 Å². The van der Waals surface area contributed by atoms with Gasteiger partial charge in [-0.05, 0) is 54.5 Å². The van der Waals surface area contributed by atoms with Crippen LogP contribution in [0.3, 0.4) is 0 Å². The average Bonchev–Trinajstić information content (AvgIpc) is 3.13. The fourth-order valence-corrected chi connectivity index (χ4v) is 4.96. The number of aryl methyl sites for hydroxylation is 2. The molecule has 1 aliphatic rings. The van der Waals surface area contributed by atoms with Crippen LogP contribution in [0.15, 0.2) is 54.6 Å². The maximum Gasteiger partial charge on any atom is 0.289 e. The lowest BCUT2D eigenvalue weighted by atomic mass is 9.89. The third kappa shape index (κ3) is 3.08. The number of carbonyl (C=O) groups is 2. The molecule has 0 fully saturated rings. The molecule has 0 saturated carbocycles. The van der Waals surface area contributed by atoms with Crippen LogP contribution in [0, 0.1) is 0 Å². The van der Waals surface area contributed by atoms with E-state index in [0.717, 1.165) is 53.2 Å². The lowest BCUT2D eigenvalue weighted by molar-refractivity contribution is -0.114. The fourth-order valence-electron chi connectivity index (χ4n) is 4.96. The third-order valence-electron chi connectivity index (χ3n) is 6.31. The van der Waals surface area contributed by atoms with E-state index in [1.54, 1.807) is 13.2 Å². The number of nitrogens with zero attached hydrogens (tertiary/aromatic N) is 1. The number of hydrogen-bond donors (Lipinski definition) is 1. The number of nitrogens with two attached hydrogens (primary N) is 1. The number of aromatic nitrogens is 1. The number of benzene rings is 3. The highest BCUT2D eigenvalue weighted by molar-refractivity contribution is 6.45. The van der Waals surface area contributed by atoms with E-state index in [1.165, 1.54) is 16.7 Å². The predicted molar refractivity (Wildman–Crippen MR) is 122 cm³/mol. The zero-order chi connectivity index (χ0) is 21.5. The van der Waals surface area contributed by atoms with Crippen LogP contribution in [0.4, 0.5) is 0 Å². The molecule has 5 nitrogen and oxygen atoms in total. The minimum atomic E-state index is -0.951. The highest BCUT2D eigenvalue weighted by Gasteiger charge is 2.26. The summed E-state index contributed by atoms with van der Waals surface area (Å²) >= 11 is 0. The van der Waals surface area contributed by atoms with Gasteiger partial charge in [-0.15, -0.1) is 0 Å². The molecule has 31 heavy (non-hydrogen) atoms. The highest BCUT2D eigenvalue weighted by Crippen LogP contribution is 2.43. The van der Waals surface area contributed by atoms with Crippen molar-refractivity contribution in [1.29, 1.82) is 0 Å². The summed E-state index contributed by atoms with van der Waals surface area (Å²) in [6, 6.07) is 17.9. The summed E-state index contributed by atoms with van der Waals surface area (Å²) in [6.45, 7) is 0.661. The van der Waals surface area contributed by atoms with Gasteiger partial charge in [0.2, 0.25) is 0 Å². The number of fused-ring (bicyclic) bond motifs is 5. The number of ether oxygens (including phenoxy) is 1. The van der Waals surface area contributed by atoms with E-state index in [0.29, 0.717) is 12.1 Å². The van der Waals surface area contributed by atoms with Crippen molar-refractivity contribution in [2.24, 2.45) is 5.73 Å². The van der Waals surface area contributed by atoms with Gasteiger partial charge in [-0.2, -0.15) is 0 Å². The quantitative estimate of drug-likeness (QED) is 0.390. The molecule has 156 valence electrons. The molecule has 2 N–H and O–H groups in total. The molecule has 1 aliphatic carbocycles. The summed E-state index contributed by atoms with van der Waals surface area (Å²) < 4.78 is 8.09. The van der Waals surface area contributed by atoms with Gasteiger partial charge in [-0.1, -0.05) is 42.5 Å². The number of primary amides is 1. The van der Waals surface area contributed by atoms with Crippen molar-refractivity contribution in [3.05, 3.63) is 76.9 Å². The molecule has 0 atom stereocenters. The van der Waals surface area contributed by atoms with Gasteiger partial charge < -0.3 is 15.0 Å². The van der Waals surface area contributed by atoms with Crippen LogP contribution < -0.4 is 10.5 Å². The van der Waals surface area contributed by atoms with E-state index in [2.05, 4.69) is 22.8 Å². The Bertz CT molecular complexity index is 1340. The molecule has 0 aliphatic heterocycles. The first kappa shape index (κ1) is 19.4. The number of methoxy groups -OCH3 is 1. The second kappa shape index (κ2) is 7.58. The molecule has 0 radical (unpaired) electrons. The standard InChI is InChI=1S/C26H24N2O3/c1-31-21-14-17-10-5-6-11-18(17)24-23(21)22-19(25(29)26(27)30)12-7-13-20(22)28(24)15-16-8-3-2-4-9-16/h2-4,7-9,12-14H,5-6,10-11,15H2,1H3,(H2,27,30). The van der Waals surface area contributed by atoms with Crippen LogP contribution in [-0.4, -0.2) is 23.4 Å². The summed E-state index contributed by atoms with van der Waals surface area (Å²) in [6.07, 6.45) is 4.29. The van der Waals surface area contributed by atoms with Crippen LogP contribution in [0.5, 0.6) is 5.75 Å². The Balaban J connectivity index is 1.94. The van der Waals surface area contributed by atoms with Crippen molar-refractivity contribution in [3.63, 3.8) is 0 Å². The van der Waals surface area contributed by atoms with E-state index >= 15 is 0 Å². The third-order valence-corrected chi connectivity index (χ3v) is 6.31. The van der Waals surface area contributed by atoms with Crippen molar-refractivity contribution in [2.45, 2.75) is 32.2 Å². The second-order valence-corrected chi connectivity index (χ2v) is 8.11. The Labute approximate surface area is 180 Å². The van der Waals surface area contributed by atoms with Crippen molar-refractivity contribution in [2.75, 3.05) is 7.11 Å². The summed E-state index contributed by atoms with van der Waals surface area (Å²) in [4.78, 5) is 24.5. The fraction of sp³-hybridized carbons (Fsp3) is 0.231. The van der Waals surface area contributed by atoms with Crippen molar-refractivity contribution in [1.82, 2.24) is 4.57 Å². The average molecular weight is 412 g/mol. The van der Waals surface area contributed by atoms with Crippen LogP contribution in [-0.2, 0) is 24.2 Å². The molecular weight excluding hydrogens is 388 g/mol.